The van der Waals surface area contributed by atoms with Gasteiger partial charge in [0.15, 0.2) is 9.84 Å². The summed E-state index contributed by atoms with van der Waals surface area (Å²) in [4.78, 5) is 11.5. The van der Waals surface area contributed by atoms with Gasteiger partial charge in [0.25, 0.3) is 0 Å². The average Bonchev–Trinajstić information content (AvgIpc) is 2.21. The molecule has 1 amide bonds. The molecule has 0 heterocycles. The van der Waals surface area contributed by atoms with Crippen LogP contribution in [0.15, 0.2) is 18.2 Å². The zero-order valence-electron chi connectivity index (χ0n) is 9.94. The van der Waals surface area contributed by atoms with Gasteiger partial charge in [-0.2, -0.15) is 0 Å². The van der Waals surface area contributed by atoms with E-state index in [0.29, 0.717) is 6.42 Å². The first kappa shape index (κ1) is 14.4. The van der Waals surface area contributed by atoms with Crippen LogP contribution >= 0.6 is 0 Å². The van der Waals surface area contributed by atoms with Gasteiger partial charge < -0.3 is 11.1 Å². The van der Waals surface area contributed by atoms with Crippen LogP contribution < -0.4 is 11.1 Å². The Morgan fingerprint density at radius 1 is 1.44 bits per heavy atom. The lowest BCUT2D eigenvalue weighted by molar-refractivity contribution is -0.113. The predicted molar refractivity (Wildman–Crippen MR) is 68.4 cm³/mol. The van der Waals surface area contributed by atoms with Crippen LogP contribution in [-0.4, -0.2) is 25.8 Å². The van der Waals surface area contributed by atoms with E-state index in [1.807, 2.05) is 0 Å². The van der Waals surface area contributed by atoms with Crippen molar-refractivity contribution < 1.29 is 17.6 Å². The molecule has 0 unspecified atom stereocenters. The van der Waals surface area contributed by atoms with E-state index in [1.54, 1.807) is 6.92 Å². The molecule has 0 aliphatic heterocycles. The minimum absolute atomic E-state index is 0.0423. The van der Waals surface area contributed by atoms with Crippen LogP contribution in [0, 0.1) is 5.82 Å². The van der Waals surface area contributed by atoms with Crippen molar-refractivity contribution in [1.82, 2.24) is 0 Å². The Morgan fingerprint density at radius 3 is 2.67 bits per heavy atom. The summed E-state index contributed by atoms with van der Waals surface area (Å²) in [5.74, 6) is -1.84. The Balaban J connectivity index is 2.71. The number of rotatable bonds is 5. The lowest BCUT2D eigenvalue weighted by Gasteiger charge is -2.08. The van der Waals surface area contributed by atoms with E-state index in [1.165, 1.54) is 6.07 Å². The number of sulfone groups is 1. The number of benzene rings is 1. The van der Waals surface area contributed by atoms with Gasteiger partial charge in [-0.3, -0.25) is 4.79 Å². The zero-order valence-corrected chi connectivity index (χ0v) is 10.8. The number of carbonyl (C=O) groups excluding carboxylic acids is 1. The molecule has 1 rings (SSSR count). The minimum atomic E-state index is -3.40. The number of halogens is 1. The van der Waals surface area contributed by atoms with Crippen molar-refractivity contribution >= 4 is 27.1 Å². The van der Waals surface area contributed by atoms with Crippen molar-refractivity contribution in [2.24, 2.45) is 0 Å². The van der Waals surface area contributed by atoms with Crippen LogP contribution in [0.4, 0.5) is 15.8 Å². The summed E-state index contributed by atoms with van der Waals surface area (Å²) in [6.45, 7) is 1.72. The molecular weight excluding hydrogens is 259 g/mol. The fourth-order valence-electron chi connectivity index (χ4n) is 1.42. The molecule has 18 heavy (non-hydrogen) atoms. The standard InChI is InChI=1S/C11H15FN2O3S/c1-2-5-18(16,17)7-11(15)14-10-4-3-8(12)6-9(10)13/h3-4,6H,2,5,7,13H2,1H3,(H,14,15). The Labute approximate surface area is 105 Å². The molecule has 0 saturated carbocycles. The van der Waals surface area contributed by atoms with Crippen molar-refractivity contribution in [3.8, 4) is 0 Å². The highest BCUT2D eigenvalue weighted by molar-refractivity contribution is 7.92. The molecule has 0 bridgehead atoms. The van der Waals surface area contributed by atoms with Crippen LogP contribution in [0.2, 0.25) is 0 Å². The Bertz CT molecular complexity index is 543. The molecule has 0 radical (unpaired) electrons. The Kier molecular flexibility index (Phi) is 4.66. The van der Waals surface area contributed by atoms with Crippen LogP contribution in [0.1, 0.15) is 13.3 Å². The van der Waals surface area contributed by atoms with E-state index in [2.05, 4.69) is 5.32 Å². The van der Waals surface area contributed by atoms with Crippen molar-refractivity contribution in [3.05, 3.63) is 24.0 Å². The summed E-state index contributed by atoms with van der Waals surface area (Å²) in [5, 5.41) is 2.34. The molecule has 100 valence electrons. The molecule has 5 nitrogen and oxygen atoms in total. The topological polar surface area (TPSA) is 89.3 Å². The summed E-state index contributed by atoms with van der Waals surface area (Å²) in [6, 6.07) is 3.47. The number of nitrogens with two attached hydrogens (primary N) is 1. The van der Waals surface area contributed by atoms with Gasteiger partial charge in [0.05, 0.1) is 17.1 Å². The fraction of sp³-hybridized carbons (Fsp3) is 0.364. The molecule has 1 aromatic carbocycles. The quantitative estimate of drug-likeness (QED) is 0.789. The second-order valence-corrected chi connectivity index (χ2v) is 6.06. The third-order valence-corrected chi connectivity index (χ3v) is 3.89. The molecule has 0 aromatic heterocycles. The highest BCUT2D eigenvalue weighted by Gasteiger charge is 2.16. The highest BCUT2D eigenvalue weighted by atomic mass is 32.2. The normalized spacial score (nSPS) is 11.2. The van der Waals surface area contributed by atoms with E-state index in [-0.39, 0.29) is 17.1 Å². The first-order valence-corrected chi connectivity index (χ1v) is 7.21. The number of amides is 1. The van der Waals surface area contributed by atoms with Crippen LogP contribution in [-0.2, 0) is 14.6 Å². The number of hydrogen-bond donors (Lipinski definition) is 2. The number of nitrogen functional groups attached to an aromatic ring is 1. The largest absolute Gasteiger partial charge is 0.397 e. The monoisotopic (exact) mass is 274 g/mol. The number of carbonyl (C=O) groups is 1. The highest BCUT2D eigenvalue weighted by Crippen LogP contribution is 2.18. The van der Waals surface area contributed by atoms with Gasteiger partial charge >= 0.3 is 0 Å². The molecule has 0 saturated heterocycles. The zero-order chi connectivity index (χ0) is 13.8. The van der Waals surface area contributed by atoms with Gasteiger partial charge in [-0.15, -0.1) is 0 Å². The number of anilines is 2. The second-order valence-electron chi connectivity index (χ2n) is 3.87. The molecule has 1 aromatic rings. The van der Waals surface area contributed by atoms with Gasteiger partial charge in [0, 0.05) is 0 Å². The summed E-state index contributed by atoms with van der Waals surface area (Å²) in [5.41, 5.74) is 5.74. The van der Waals surface area contributed by atoms with Gasteiger partial charge in [-0.25, -0.2) is 12.8 Å². The summed E-state index contributed by atoms with van der Waals surface area (Å²) in [6.07, 6.45) is 0.453. The van der Waals surface area contributed by atoms with E-state index in [4.69, 9.17) is 5.73 Å². The van der Waals surface area contributed by atoms with E-state index >= 15 is 0 Å². The number of nitrogens with one attached hydrogen (secondary N) is 1. The van der Waals surface area contributed by atoms with Crippen molar-refractivity contribution in [2.45, 2.75) is 13.3 Å². The lowest BCUT2D eigenvalue weighted by Crippen LogP contribution is -2.24. The summed E-state index contributed by atoms with van der Waals surface area (Å²) in [7, 11) is -3.40. The summed E-state index contributed by atoms with van der Waals surface area (Å²) >= 11 is 0. The van der Waals surface area contributed by atoms with E-state index in [0.717, 1.165) is 12.1 Å². The van der Waals surface area contributed by atoms with Crippen LogP contribution in [0.3, 0.4) is 0 Å². The molecule has 3 N–H and O–H groups in total. The third-order valence-electron chi connectivity index (χ3n) is 2.15. The van der Waals surface area contributed by atoms with Crippen LogP contribution in [0.5, 0.6) is 0 Å². The Morgan fingerprint density at radius 2 is 2.11 bits per heavy atom. The van der Waals surface area contributed by atoms with Gasteiger partial charge in [-0.05, 0) is 24.6 Å². The summed E-state index contributed by atoms with van der Waals surface area (Å²) < 4.78 is 35.6. The molecular formula is C11H15FN2O3S. The second kappa shape index (κ2) is 5.81. The fourth-order valence-corrected chi connectivity index (χ4v) is 2.65. The molecule has 0 aliphatic carbocycles. The lowest BCUT2D eigenvalue weighted by atomic mass is 10.2. The molecule has 7 heteroatoms. The van der Waals surface area contributed by atoms with E-state index in [9.17, 15) is 17.6 Å². The van der Waals surface area contributed by atoms with Crippen molar-refractivity contribution in [2.75, 3.05) is 22.6 Å². The predicted octanol–water partition coefficient (Wildman–Crippen LogP) is 1.17. The smallest absolute Gasteiger partial charge is 0.239 e. The maximum absolute atomic E-state index is 12.8. The number of hydrogen-bond acceptors (Lipinski definition) is 4. The van der Waals surface area contributed by atoms with Gasteiger partial charge in [-0.1, -0.05) is 6.92 Å². The third kappa shape index (κ3) is 4.33. The molecule has 0 spiro atoms. The molecule has 0 fully saturated rings. The van der Waals surface area contributed by atoms with Crippen molar-refractivity contribution in [3.63, 3.8) is 0 Å². The molecule has 0 aliphatic rings. The first-order chi connectivity index (χ1) is 8.34. The Hall–Kier alpha value is -1.63. The van der Waals surface area contributed by atoms with Gasteiger partial charge in [0.1, 0.15) is 11.6 Å². The van der Waals surface area contributed by atoms with Gasteiger partial charge in [0.2, 0.25) is 5.91 Å². The SMILES string of the molecule is CCCS(=O)(=O)CC(=O)Nc1ccc(F)cc1N. The van der Waals surface area contributed by atoms with Crippen LogP contribution in [0.25, 0.3) is 0 Å². The minimum Gasteiger partial charge on any atom is -0.397 e. The molecule has 0 atom stereocenters. The average molecular weight is 274 g/mol. The maximum Gasteiger partial charge on any atom is 0.239 e. The maximum atomic E-state index is 12.8. The van der Waals surface area contributed by atoms with E-state index < -0.39 is 27.3 Å². The first-order valence-electron chi connectivity index (χ1n) is 5.39. The van der Waals surface area contributed by atoms with Crippen molar-refractivity contribution in [1.29, 1.82) is 0 Å².